The van der Waals surface area contributed by atoms with E-state index in [1.807, 2.05) is 19.1 Å². The second-order valence-corrected chi connectivity index (χ2v) is 9.62. The van der Waals surface area contributed by atoms with E-state index in [-0.39, 0.29) is 5.91 Å². The van der Waals surface area contributed by atoms with E-state index >= 15 is 0 Å². The number of hydrogen-bond acceptors (Lipinski definition) is 4. The van der Waals surface area contributed by atoms with Crippen molar-refractivity contribution in [3.05, 3.63) is 65.7 Å². The van der Waals surface area contributed by atoms with Gasteiger partial charge in [0.15, 0.2) is 0 Å². The van der Waals surface area contributed by atoms with Gasteiger partial charge in [0.05, 0.1) is 11.9 Å². The van der Waals surface area contributed by atoms with Gasteiger partial charge >= 0.3 is 0 Å². The summed E-state index contributed by atoms with van der Waals surface area (Å²) < 4.78 is 25.9. The van der Waals surface area contributed by atoms with E-state index in [4.69, 9.17) is 0 Å². The second kappa shape index (κ2) is 10.5. The molecular weight excluding hydrogens is 392 g/mol. The molecule has 0 saturated heterocycles. The van der Waals surface area contributed by atoms with Crippen molar-refractivity contribution in [3.8, 4) is 0 Å². The van der Waals surface area contributed by atoms with Gasteiger partial charge in [0, 0.05) is 18.1 Å². The second-order valence-electron chi connectivity index (χ2n) is 6.65. The summed E-state index contributed by atoms with van der Waals surface area (Å²) in [6, 6.07) is 16.3. The van der Waals surface area contributed by atoms with E-state index < -0.39 is 16.1 Å². The van der Waals surface area contributed by atoms with Gasteiger partial charge in [-0.15, -0.1) is 0 Å². The maximum Gasteiger partial charge on any atom is 0.243 e. The first-order valence-corrected chi connectivity index (χ1v) is 12.3. The predicted molar refractivity (Wildman–Crippen MR) is 118 cm³/mol. The van der Waals surface area contributed by atoms with Crippen LogP contribution in [0.4, 0.5) is 5.69 Å². The molecule has 7 heteroatoms. The number of hydrogen-bond donors (Lipinski definition) is 1. The first-order valence-electron chi connectivity index (χ1n) is 9.28. The quantitative estimate of drug-likeness (QED) is 0.597. The van der Waals surface area contributed by atoms with Crippen LogP contribution in [0.5, 0.6) is 0 Å². The van der Waals surface area contributed by atoms with Crippen LogP contribution in [0, 0.1) is 6.92 Å². The molecule has 0 fully saturated rings. The van der Waals surface area contributed by atoms with Crippen molar-refractivity contribution in [2.24, 2.45) is 0 Å². The lowest BCUT2D eigenvalue weighted by atomic mass is 10.2. The largest absolute Gasteiger partial charge is 0.353 e. The van der Waals surface area contributed by atoms with Gasteiger partial charge in [-0.25, -0.2) is 8.42 Å². The van der Waals surface area contributed by atoms with Crippen LogP contribution in [0.2, 0.25) is 0 Å². The van der Waals surface area contributed by atoms with Gasteiger partial charge in [-0.1, -0.05) is 55.0 Å². The predicted octanol–water partition coefficient (Wildman–Crippen LogP) is 3.59. The molecule has 0 saturated carbocycles. The third-order valence-electron chi connectivity index (χ3n) is 4.24. The Kier molecular flexibility index (Phi) is 8.38. The van der Waals surface area contributed by atoms with Crippen molar-refractivity contribution >= 4 is 33.4 Å². The van der Waals surface area contributed by atoms with Gasteiger partial charge in [-0.05, 0) is 31.0 Å². The normalized spacial score (nSPS) is 12.4. The minimum absolute atomic E-state index is 0.270. The fraction of sp³-hybridized carbons (Fsp3) is 0.381. The Bertz CT molecular complexity index is 870. The van der Waals surface area contributed by atoms with Gasteiger partial charge in [-0.2, -0.15) is 11.8 Å². The summed E-state index contributed by atoms with van der Waals surface area (Å²) in [5.41, 5.74) is 3.00. The van der Waals surface area contributed by atoms with Crippen LogP contribution in [-0.2, 0) is 20.6 Å². The van der Waals surface area contributed by atoms with Gasteiger partial charge in [-0.3, -0.25) is 9.10 Å². The molecule has 152 valence electrons. The van der Waals surface area contributed by atoms with Crippen LogP contribution < -0.4 is 9.62 Å². The van der Waals surface area contributed by atoms with Gasteiger partial charge in [0.25, 0.3) is 0 Å². The Morgan fingerprint density at radius 1 is 1.14 bits per heavy atom. The van der Waals surface area contributed by atoms with E-state index in [1.165, 1.54) is 15.4 Å². The molecule has 2 aromatic carbocycles. The van der Waals surface area contributed by atoms with Crippen molar-refractivity contribution in [2.75, 3.05) is 22.9 Å². The van der Waals surface area contributed by atoms with E-state index in [2.05, 4.69) is 30.4 Å². The Labute approximate surface area is 172 Å². The molecule has 0 radical (unpaired) electrons. The number of sulfonamides is 1. The molecule has 0 aromatic heterocycles. The van der Waals surface area contributed by atoms with E-state index in [1.54, 1.807) is 36.0 Å². The minimum Gasteiger partial charge on any atom is -0.353 e. The molecule has 28 heavy (non-hydrogen) atoms. The number of rotatable bonds is 10. The van der Waals surface area contributed by atoms with Gasteiger partial charge in [0.2, 0.25) is 15.9 Å². The third kappa shape index (κ3) is 6.56. The minimum atomic E-state index is -3.58. The summed E-state index contributed by atoms with van der Waals surface area (Å²) in [5.74, 6) is 1.38. The Balaban J connectivity index is 1.92. The molecular formula is C21H28N2O3S2. The van der Waals surface area contributed by atoms with E-state index in [9.17, 15) is 13.2 Å². The molecule has 0 spiro atoms. The zero-order chi connectivity index (χ0) is 20.6. The molecule has 0 aliphatic heterocycles. The van der Waals surface area contributed by atoms with Crippen LogP contribution in [0.3, 0.4) is 0 Å². The lowest BCUT2D eigenvalue weighted by molar-refractivity contribution is -0.122. The zero-order valence-electron chi connectivity index (χ0n) is 16.6. The van der Waals surface area contributed by atoms with Gasteiger partial charge < -0.3 is 5.32 Å². The number of nitrogens with zero attached hydrogens (tertiary/aromatic N) is 1. The molecule has 1 amide bonds. The summed E-state index contributed by atoms with van der Waals surface area (Å²) in [6.07, 6.45) is 1.53. The highest BCUT2D eigenvalue weighted by Crippen LogP contribution is 2.22. The third-order valence-corrected chi connectivity index (χ3v) is 6.45. The molecule has 0 aliphatic rings. The van der Waals surface area contributed by atoms with Crippen molar-refractivity contribution in [1.29, 1.82) is 0 Å². The molecule has 0 unspecified atom stereocenters. The van der Waals surface area contributed by atoms with Crippen molar-refractivity contribution in [1.82, 2.24) is 5.32 Å². The maximum absolute atomic E-state index is 12.7. The number of carbonyl (C=O) groups excluding carboxylic acids is 1. The average molecular weight is 421 g/mol. The van der Waals surface area contributed by atoms with Crippen LogP contribution in [0.1, 0.15) is 24.5 Å². The monoisotopic (exact) mass is 420 g/mol. The maximum atomic E-state index is 12.7. The Hall–Kier alpha value is -1.99. The van der Waals surface area contributed by atoms with Crippen LogP contribution >= 0.6 is 11.8 Å². The molecule has 0 heterocycles. The molecule has 0 bridgehead atoms. The van der Waals surface area contributed by atoms with Gasteiger partial charge in [0.1, 0.15) is 6.04 Å². The fourth-order valence-corrected chi connectivity index (χ4v) is 5.01. The number of benzene rings is 2. The first-order chi connectivity index (χ1) is 13.3. The Morgan fingerprint density at radius 3 is 2.46 bits per heavy atom. The topological polar surface area (TPSA) is 66.5 Å². The molecule has 5 nitrogen and oxygen atoms in total. The van der Waals surface area contributed by atoms with Crippen molar-refractivity contribution < 1.29 is 13.2 Å². The highest BCUT2D eigenvalue weighted by molar-refractivity contribution is 7.98. The smallest absolute Gasteiger partial charge is 0.243 e. The van der Waals surface area contributed by atoms with E-state index in [0.717, 1.165) is 17.8 Å². The summed E-state index contributed by atoms with van der Waals surface area (Å²) in [5, 5.41) is 2.89. The molecule has 0 aliphatic carbocycles. The lowest BCUT2D eigenvalue weighted by Gasteiger charge is -2.30. The van der Waals surface area contributed by atoms with Crippen LogP contribution in [-0.4, -0.2) is 38.9 Å². The first kappa shape index (κ1) is 22.3. The van der Waals surface area contributed by atoms with Crippen molar-refractivity contribution in [2.45, 2.75) is 32.1 Å². The number of thioether (sulfide) groups is 1. The standard InChI is InChI=1S/C21H28N2O3S2/c1-4-20(23(28(3,25)26)19-11-6-5-7-12-19)21(24)22-13-14-27-16-18-10-8-9-17(2)15-18/h5-12,15,20H,4,13-14,16H2,1-3H3,(H,22,24)/t20-/m0/s1. The fourth-order valence-electron chi connectivity index (χ4n) is 2.99. The average Bonchev–Trinajstić information content (AvgIpc) is 2.65. The van der Waals surface area contributed by atoms with Crippen molar-refractivity contribution in [3.63, 3.8) is 0 Å². The highest BCUT2D eigenvalue weighted by atomic mass is 32.2. The van der Waals surface area contributed by atoms with Crippen LogP contribution in [0.25, 0.3) is 0 Å². The number of carbonyl (C=O) groups is 1. The van der Waals surface area contributed by atoms with Crippen LogP contribution in [0.15, 0.2) is 54.6 Å². The number of amides is 1. The molecule has 2 aromatic rings. The lowest BCUT2D eigenvalue weighted by Crippen LogP contribution is -2.49. The number of para-hydroxylation sites is 1. The van der Waals surface area contributed by atoms with E-state index in [0.29, 0.717) is 18.7 Å². The summed E-state index contributed by atoms with van der Waals surface area (Å²) in [4.78, 5) is 12.7. The highest BCUT2D eigenvalue weighted by Gasteiger charge is 2.31. The summed E-state index contributed by atoms with van der Waals surface area (Å²) in [6.45, 7) is 4.38. The Morgan fingerprint density at radius 2 is 1.86 bits per heavy atom. The summed E-state index contributed by atoms with van der Waals surface area (Å²) in [7, 11) is -3.58. The zero-order valence-corrected chi connectivity index (χ0v) is 18.2. The number of aryl methyl sites for hydroxylation is 1. The summed E-state index contributed by atoms with van der Waals surface area (Å²) >= 11 is 1.74. The SMILES string of the molecule is CC[C@@H](C(=O)NCCSCc1cccc(C)c1)N(c1ccccc1)S(C)(=O)=O. The number of nitrogens with one attached hydrogen (secondary N) is 1. The molecule has 1 N–H and O–H groups in total. The molecule has 1 atom stereocenters. The molecule has 2 rings (SSSR count). The number of anilines is 1.